The number of hydrogen-bond acceptors (Lipinski definition) is 6. The van der Waals surface area contributed by atoms with E-state index in [-0.39, 0.29) is 17.7 Å². The number of anilines is 2. The Balaban J connectivity index is 1.67. The Morgan fingerprint density at radius 1 is 1.13 bits per heavy atom. The molecule has 1 aliphatic rings. The van der Waals surface area contributed by atoms with Crippen molar-refractivity contribution in [3.05, 3.63) is 42.2 Å². The Morgan fingerprint density at radius 2 is 1.82 bits per heavy atom. The predicted octanol–water partition coefficient (Wildman–Crippen LogP) is 4.93. The minimum absolute atomic E-state index is 0.0414. The predicted molar refractivity (Wildman–Crippen MR) is 156 cm³/mol. The van der Waals surface area contributed by atoms with Gasteiger partial charge < -0.3 is 25.7 Å². The molecule has 4 N–H and O–H groups in total. The van der Waals surface area contributed by atoms with Gasteiger partial charge in [0.05, 0.1) is 16.7 Å². The molecule has 0 bridgehead atoms. The van der Waals surface area contributed by atoms with Crippen LogP contribution in [0.3, 0.4) is 0 Å². The van der Waals surface area contributed by atoms with Gasteiger partial charge in [0.1, 0.15) is 17.8 Å². The van der Waals surface area contributed by atoms with Gasteiger partial charge in [-0.2, -0.15) is 0 Å². The highest BCUT2D eigenvalue weighted by atomic mass is 16.5. The number of nitrogens with two attached hydrogens (primary N) is 1. The monoisotopic (exact) mass is 532 g/mol. The van der Waals surface area contributed by atoms with E-state index in [0.717, 1.165) is 52.0 Å². The van der Waals surface area contributed by atoms with E-state index in [2.05, 4.69) is 26.7 Å². The number of fused-ring (bicyclic) bond motifs is 1. The van der Waals surface area contributed by atoms with E-state index >= 15 is 0 Å². The molecule has 208 valence electrons. The summed E-state index contributed by atoms with van der Waals surface area (Å²) in [6.07, 6.45) is 5.72. The number of ether oxygens (including phenoxy) is 1. The molecule has 9 nitrogen and oxygen atoms in total. The molecule has 39 heavy (non-hydrogen) atoms. The molecular formula is C30H40N6O3. The van der Waals surface area contributed by atoms with Crippen molar-refractivity contribution in [2.24, 2.45) is 18.4 Å². The molecule has 1 unspecified atom stereocenters. The van der Waals surface area contributed by atoms with Crippen LogP contribution in [0.4, 0.5) is 11.5 Å². The zero-order valence-corrected chi connectivity index (χ0v) is 24.0. The molecule has 0 aliphatic heterocycles. The molecule has 1 atom stereocenters. The maximum atomic E-state index is 12.9. The van der Waals surface area contributed by atoms with Gasteiger partial charge in [0.2, 0.25) is 11.8 Å². The molecule has 0 fully saturated rings. The van der Waals surface area contributed by atoms with Crippen molar-refractivity contribution in [1.29, 1.82) is 0 Å². The number of amides is 2. The van der Waals surface area contributed by atoms with Crippen molar-refractivity contribution in [2.75, 3.05) is 24.7 Å². The van der Waals surface area contributed by atoms with Crippen LogP contribution < -0.4 is 16.4 Å². The van der Waals surface area contributed by atoms with Crippen molar-refractivity contribution >= 4 is 39.9 Å². The number of nitrogens with zero attached hydrogens (tertiary/aromatic N) is 3. The molecule has 9 heteroatoms. The zero-order chi connectivity index (χ0) is 28.5. The Kier molecular flexibility index (Phi) is 7.84. The van der Waals surface area contributed by atoms with Gasteiger partial charge in [-0.15, -0.1) is 0 Å². The van der Waals surface area contributed by atoms with Crippen molar-refractivity contribution in [2.45, 2.75) is 59.5 Å². The molecule has 3 aromatic rings. The van der Waals surface area contributed by atoms with Crippen molar-refractivity contribution in [1.82, 2.24) is 19.9 Å². The lowest BCUT2D eigenvalue weighted by Crippen LogP contribution is -2.42. The quantitative estimate of drug-likeness (QED) is 0.396. The third-order valence-electron chi connectivity index (χ3n) is 7.44. The van der Waals surface area contributed by atoms with Gasteiger partial charge in [-0.1, -0.05) is 39.0 Å². The number of carbonyl (C=O) groups excluding carboxylic acids is 2. The number of rotatable bonds is 7. The molecule has 0 saturated heterocycles. The lowest BCUT2D eigenvalue weighted by Gasteiger charge is -2.26. The largest absolute Gasteiger partial charge is 0.383 e. The topological polar surface area (TPSA) is 124 Å². The first-order chi connectivity index (χ1) is 18.3. The van der Waals surface area contributed by atoms with Gasteiger partial charge in [0, 0.05) is 43.3 Å². The van der Waals surface area contributed by atoms with Crippen LogP contribution in [-0.4, -0.2) is 45.6 Å². The van der Waals surface area contributed by atoms with E-state index < -0.39 is 11.0 Å². The SMILES string of the molecule is COC(C)(C)CNC(=O)C1CC=C(c2c(-c3ccc(NC(=O)C(C)(C)C)cc3)n(C)c3ncnc(N)c23)CC1. The second-order valence-electron chi connectivity index (χ2n) is 11.9. The molecule has 1 aliphatic carbocycles. The van der Waals surface area contributed by atoms with Crippen LogP contribution in [0, 0.1) is 11.3 Å². The van der Waals surface area contributed by atoms with Crippen LogP contribution in [0.25, 0.3) is 27.9 Å². The molecule has 4 rings (SSSR count). The van der Waals surface area contributed by atoms with Crippen molar-refractivity contribution < 1.29 is 14.3 Å². The van der Waals surface area contributed by atoms with Gasteiger partial charge in [-0.05, 0) is 56.4 Å². The van der Waals surface area contributed by atoms with Crippen LogP contribution in [0.2, 0.25) is 0 Å². The van der Waals surface area contributed by atoms with E-state index in [1.807, 2.05) is 70.5 Å². The van der Waals surface area contributed by atoms with E-state index in [0.29, 0.717) is 18.8 Å². The van der Waals surface area contributed by atoms with Crippen molar-refractivity contribution in [3.63, 3.8) is 0 Å². The standard InChI is InChI=1S/C30H40N6O3/c1-29(2,3)28(38)35-21-14-12-19(13-15-21)24-22(23-25(31)33-17-34-26(23)36(24)6)18-8-10-20(11-9-18)27(37)32-16-30(4,5)39-7/h8,12-15,17,20H,9-11,16H2,1-7H3,(H,32,37)(H,35,38)(H2,31,33,34). The van der Waals surface area contributed by atoms with E-state index in [1.54, 1.807) is 7.11 Å². The maximum absolute atomic E-state index is 12.9. The molecule has 1 aromatic carbocycles. The highest BCUT2D eigenvalue weighted by molar-refractivity contribution is 6.04. The van der Waals surface area contributed by atoms with Crippen molar-refractivity contribution in [3.8, 4) is 11.3 Å². The molecule has 2 amide bonds. The minimum atomic E-state index is -0.486. The number of aryl methyl sites for hydroxylation is 1. The average Bonchev–Trinajstić information content (AvgIpc) is 3.20. The van der Waals surface area contributed by atoms with Gasteiger partial charge in [-0.3, -0.25) is 9.59 Å². The van der Waals surface area contributed by atoms with Crippen LogP contribution in [-0.2, 0) is 21.4 Å². The number of allylic oxidation sites excluding steroid dienone is 2. The fraction of sp³-hybridized carbons (Fsp3) is 0.467. The Bertz CT molecular complexity index is 1410. The van der Waals surface area contributed by atoms with Gasteiger partial charge in [0.25, 0.3) is 0 Å². The second-order valence-corrected chi connectivity index (χ2v) is 11.9. The summed E-state index contributed by atoms with van der Waals surface area (Å²) in [6, 6.07) is 7.81. The lowest BCUT2D eigenvalue weighted by molar-refractivity contribution is -0.126. The highest BCUT2D eigenvalue weighted by Crippen LogP contribution is 2.43. The summed E-state index contributed by atoms with van der Waals surface area (Å²) in [5, 5.41) is 6.84. The second kappa shape index (κ2) is 10.8. The number of benzene rings is 1. The van der Waals surface area contributed by atoms with E-state index in [9.17, 15) is 9.59 Å². The molecular weight excluding hydrogens is 492 g/mol. The highest BCUT2D eigenvalue weighted by Gasteiger charge is 2.29. The Morgan fingerprint density at radius 3 is 2.41 bits per heavy atom. The molecule has 0 radical (unpaired) electrons. The Labute approximate surface area is 230 Å². The normalized spacial score (nSPS) is 16.2. The summed E-state index contributed by atoms with van der Waals surface area (Å²) in [5.41, 5.74) is 11.1. The van der Waals surface area contributed by atoms with Gasteiger partial charge in [0.15, 0.2) is 0 Å². The smallest absolute Gasteiger partial charge is 0.229 e. The number of nitrogens with one attached hydrogen (secondary N) is 2. The van der Waals surface area contributed by atoms with Crippen LogP contribution in [0.1, 0.15) is 59.4 Å². The molecule has 0 saturated carbocycles. The third-order valence-corrected chi connectivity index (χ3v) is 7.44. The van der Waals surface area contributed by atoms with Crippen LogP contribution in [0.15, 0.2) is 36.7 Å². The summed E-state index contributed by atoms with van der Waals surface area (Å²) in [4.78, 5) is 34.1. The molecule has 2 heterocycles. The third kappa shape index (κ3) is 5.98. The summed E-state index contributed by atoms with van der Waals surface area (Å²) in [6.45, 7) is 10.0. The Hall–Kier alpha value is -3.72. The van der Waals surface area contributed by atoms with Gasteiger partial charge >= 0.3 is 0 Å². The summed E-state index contributed by atoms with van der Waals surface area (Å²) >= 11 is 0. The van der Waals surface area contributed by atoms with Gasteiger partial charge in [-0.25, -0.2) is 9.97 Å². The molecule has 2 aromatic heterocycles. The van der Waals surface area contributed by atoms with E-state index in [1.165, 1.54) is 6.33 Å². The minimum Gasteiger partial charge on any atom is -0.383 e. The summed E-state index contributed by atoms with van der Waals surface area (Å²) in [7, 11) is 3.62. The van der Waals surface area contributed by atoms with E-state index in [4.69, 9.17) is 10.5 Å². The number of nitrogen functional groups attached to an aromatic ring is 1. The van der Waals surface area contributed by atoms with Crippen LogP contribution in [0.5, 0.6) is 0 Å². The fourth-order valence-corrected chi connectivity index (χ4v) is 4.77. The number of aromatic nitrogens is 3. The first kappa shape index (κ1) is 28.3. The number of carbonyl (C=O) groups is 2. The summed E-state index contributed by atoms with van der Waals surface area (Å²) in [5.74, 6) is 0.331. The number of methoxy groups -OCH3 is 1. The molecule has 0 spiro atoms. The first-order valence-corrected chi connectivity index (χ1v) is 13.4. The zero-order valence-electron chi connectivity index (χ0n) is 24.0. The maximum Gasteiger partial charge on any atom is 0.229 e. The fourth-order valence-electron chi connectivity index (χ4n) is 4.77. The average molecular weight is 533 g/mol. The van der Waals surface area contributed by atoms with Crippen LogP contribution >= 0.6 is 0 Å². The number of hydrogen-bond donors (Lipinski definition) is 3. The first-order valence-electron chi connectivity index (χ1n) is 13.4. The summed E-state index contributed by atoms with van der Waals surface area (Å²) < 4.78 is 7.47. The lowest BCUT2D eigenvalue weighted by atomic mass is 9.84.